The zero-order valence-corrected chi connectivity index (χ0v) is 7.34. The van der Waals surface area contributed by atoms with Gasteiger partial charge < -0.3 is 16.6 Å². The second-order valence-corrected chi connectivity index (χ2v) is 3.03. The number of carbonyl (C=O) groups is 1. The van der Waals surface area contributed by atoms with E-state index in [2.05, 4.69) is 10.0 Å². The monoisotopic (exact) mass is 187 g/mol. The number of carboxylic acids is 1. The maximum absolute atomic E-state index is 10.5. The summed E-state index contributed by atoms with van der Waals surface area (Å²) in [4.78, 5) is 13.0. The van der Waals surface area contributed by atoms with E-state index in [1.54, 1.807) is 0 Å². The van der Waals surface area contributed by atoms with Crippen LogP contribution in [0.4, 0.5) is 0 Å². The molecule has 0 aromatic rings. The lowest BCUT2D eigenvalue weighted by Gasteiger charge is -2.19. The predicted molar refractivity (Wildman–Crippen MR) is 46.6 cm³/mol. The molecule has 74 valence electrons. The lowest BCUT2D eigenvalue weighted by Crippen LogP contribution is -2.45. The van der Waals surface area contributed by atoms with Crippen molar-refractivity contribution in [1.29, 1.82) is 0 Å². The summed E-state index contributed by atoms with van der Waals surface area (Å²) in [6, 6.07) is 0. The zero-order valence-electron chi connectivity index (χ0n) is 7.34. The first kappa shape index (κ1) is 11.7. The molecule has 7 heteroatoms. The van der Waals surface area contributed by atoms with Crippen LogP contribution in [0.15, 0.2) is 5.11 Å². The Morgan fingerprint density at radius 3 is 2.77 bits per heavy atom. The van der Waals surface area contributed by atoms with Crippen LogP contribution >= 0.6 is 0 Å². The largest absolute Gasteiger partial charge is 0.480 e. The van der Waals surface area contributed by atoms with E-state index >= 15 is 0 Å². The van der Waals surface area contributed by atoms with Gasteiger partial charge in [-0.3, -0.25) is 4.79 Å². The second-order valence-electron chi connectivity index (χ2n) is 3.03. The standard InChI is InChI=1S/C6H13N5O2/c1-6(8,5(12)13)3-2-4(7)10-11-9/h4H,2-3,7-8H2,1H3,(H,12,13)/t4?,6-/m1/s1. The fourth-order valence-corrected chi connectivity index (χ4v) is 0.679. The van der Waals surface area contributed by atoms with Crippen LogP contribution in [0.1, 0.15) is 19.8 Å². The van der Waals surface area contributed by atoms with Gasteiger partial charge in [-0.15, -0.1) is 0 Å². The van der Waals surface area contributed by atoms with Crippen molar-refractivity contribution in [2.24, 2.45) is 16.6 Å². The average molecular weight is 187 g/mol. The van der Waals surface area contributed by atoms with Gasteiger partial charge in [-0.25, -0.2) is 0 Å². The zero-order chi connectivity index (χ0) is 10.5. The van der Waals surface area contributed by atoms with Gasteiger partial charge in [-0.05, 0) is 25.3 Å². The minimum atomic E-state index is -1.32. The molecule has 0 aromatic heterocycles. The Labute approximate surface area is 75.3 Å². The number of azide groups is 1. The second kappa shape index (κ2) is 4.66. The molecule has 5 N–H and O–H groups in total. The highest BCUT2D eigenvalue weighted by molar-refractivity contribution is 5.77. The summed E-state index contributed by atoms with van der Waals surface area (Å²) >= 11 is 0. The van der Waals surface area contributed by atoms with E-state index in [4.69, 9.17) is 22.1 Å². The van der Waals surface area contributed by atoms with Crippen molar-refractivity contribution in [3.63, 3.8) is 0 Å². The van der Waals surface area contributed by atoms with Gasteiger partial charge in [0.05, 0.1) is 6.17 Å². The maximum Gasteiger partial charge on any atom is 0.323 e. The first-order valence-electron chi connectivity index (χ1n) is 3.72. The fourth-order valence-electron chi connectivity index (χ4n) is 0.679. The van der Waals surface area contributed by atoms with Gasteiger partial charge in [0.1, 0.15) is 5.54 Å². The van der Waals surface area contributed by atoms with Gasteiger partial charge in [-0.1, -0.05) is 5.11 Å². The molecular weight excluding hydrogens is 174 g/mol. The van der Waals surface area contributed by atoms with Crippen LogP contribution in [-0.2, 0) is 4.79 Å². The SMILES string of the molecule is C[C@@](N)(CCC(N)N=[N+]=[N-])C(=O)O. The summed E-state index contributed by atoms with van der Waals surface area (Å²) < 4.78 is 0. The van der Waals surface area contributed by atoms with Crippen LogP contribution in [-0.4, -0.2) is 22.8 Å². The summed E-state index contributed by atoms with van der Waals surface area (Å²) in [5.41, 5.74) is 17.4. The maximum atomic E-state index is 10.5. The van der Waals surface area contributed by atoms with Gasteiger partial charge in [0, 0.05) is 4.91 Å². The average Bonchev–Trinajstić information content (AvgIpc) is 2.01. The van der Waals surface area contributed by atoms with Crippen molar-refractivity contribution in [1.82, 2.24) is 0 Å². The Hall–Kier alpha value is -1.30. The minimum absolute atomic E-state index is 0.169. The molecule has 0 fully saturated rings. The van der Waals surface area contributed by atoms with E-state index in [0.717, 1.165) is 0 Å². The molecule has 0 spiro atoms. The number of aliphatic carboxylic acids is 1. The van der Waals surface area contributed by atoms with Crippen LogP contribution in [0.2, 0.25) is 0 Å². The first-order valence-corrected chi connectivity index (χ1v) is 3.72. The predicted octanol–water partition coefficient (Wildman–Crippen LogP) is 0.164. The molecule has 1 unspecified atom stereocenters. The lowest BCUT2D eigenvalue weighted by molar-refractivity contribution is -0.142. The molecule has 0 bridgehead atoms. The van der Waals surface area contributed by atoms with E-state index < -0.39 is 17.7 Å². The van der Waals surface area contributed by atoms with Crippen LogP contribution < -0.4 is 11.5 Å². The lowest BCUT2D eigenvalue weighted by atomic mass is 9.97. The molecule has 13 heavy (non-hydrogen) atoms. The van der Waals surface area contributed by atoms with Crippen LogP contribution in [0.5, 0.6) is 0 Å². The molecule has 0 radical (unpaired) electrons. The third kappa shape index (κ3) is 4.32. The molecular formula is C6H13N5O2. The van der Waals surface area contributed by atoms with Gasteiger partial charge in [0.2, 0.25) is 0 Å². The van der Waals surface area contributed by atoms with Crippen molar-refractivity contribution in [3.8, 4) is 0 Å². The molecule has 7 nitrogen and oxygen atoms in total. The topological polar surface area (TPSA) is 138 Å². The number of nitrogens with two attached hydrogens (primary N) is 2. The molecule has 0 amide bonds. The number of hydrogen-bond donors (Lipinski definition) is 3. The van der Waals surface area contributed by atoms with Crippen molar-refractivity contribution in [2.75, 3.05) is 0 Å². The third-order valence-electron chi connectivity index (χ3n) is 1.65. The molecule has 0 aliphatic carbocycles. The molecule has 2 atom stereocenters. The molecule has 0 heterocycles. The van der Waals surface area contributed by atoms with Crippen molar-refractivity contribution >= 4 is 5.97 Å². The number of rotatable bonds is 5. The molecule has 0 rings (SSSR count). The fraction of sp³-hybridized carbons (Fsp3) is 0.833. The Morgan fingerprint density at radius 2 is 2.38 bits per heavy atom. The molecule has 0 saturated heterocycles. The smallest absolute Gasteiger partial charge is 0.323 e. The first-order chi connectivity index (χ1) is 5.90. The Kier molecular flexibility index (Phi) is 4.19. The summed E-state index contributed by atoms with van der Waals surface area (Å²) in [7, 11) is 0. The van der Waals surface area contributed by atoms with Crippen molar-refractivity contribution in [3.05, 3.63) is 10.4 Å². The minimum Gasteiger partial charge on any atom is -0.480 e. The van der Waals surface area contributed by atoms with E-state index in [1.807, 2.05) is 0 Å². The normalized spacial score (nSPS) is 16.8. The Morgan fingerprint density at radius 1 is 1.85 bits per heavy atom. The van der Waals surface area contributed by atoms with Gasteiger partial charge in [0.25, 0.3) is 0 Å². The van der Waals surface area contributed by atoms with Gasteiger partial charge >= 0.3 is 5.97 Å². The van der Waals surface area contributed by atoms with Crippen LogP contribution in [0.3, 0.4) is 0 Å². The van der Waals surface area contributed by atoms with Crippen molar-refractivity contribution < 1.29 is 9.90 Å². The Bertz CT molecular complexity index is 233. The van der Waals surface area contributed by atoms with Gasteiger partial charge in [0.15, 0.2) is 0 Å². The highest BCUT2D eigenvalue weighted by atomic mass is 16.4. The highest BCUT2D eigenvalue weighted by Crippen LogP contribution is 2.10. The van der Waals surface area contributed by atoms with Crippen LogP contribution in [0.25, 0.3) is 10.4 Å². The summed E-state index contributed by atoms with van der Waals surface area (Å²) in [6.07, 6.45) is -0.293. The Balaban J connectivity index is 4.01. The van der Waals surface area contributed by atoms with Crippen LogP contribution in [0, 0.1) is 0 Å². The van der Waals surface area contributed by atoms with E-state index in [1.165, 1.54) is 6.92 Å². The molecule has 0 aliphatic heterocycles. The number of nitrogens with zero attached hydrogens (tertiary/aromatic N) is 3. The highest BCUT2D eigenvalue weighted by Gasteiger charge is 2.27. The summed E-state index contributed by atoms with van der Waals surface area (Å²) in [6.45, 7) is 1.39. The van der Waals surface area contributed by atoms with E-state index in [9.17, 15) is 4.79 Å². The van der Waals surface area contributed by atoms with E-state index in [0.29, 0.717) is 0 Å². The van der Waals surface area contributed by atoms with Crippen molar-refractivity contribution in [2.45, 2.75) is 31.5 Å². The molecule has 0 aliphatic rings. The molecule has 0 saturated carbocycles. The number of carboxylic acid groups (broad SMARTS) is 1. The quantitative estimate of drug-likeness (QED) is 0.320. The van der Waals surface area contributed by atoms with E-state index in [-0.39, 0.29) is 12.8 Å². The third-order valence-corrected chi connectivity index (χ3v) is 1.65. The van der Waals surface area contributed by atoms with Gasteiger partial charge in [-0.2, -0.15) is 0 Å². The number of hydrogen-bond acceptors (Lipinski definition) is 4. The molecule has 0 aromatic carbocycles. The summed E-state index contributed by atoms with van der Waals surface area (Å²) in [5.74, 6) is -1.10. The summed E-state index contributed by atoms with van der Waals surface area (Å²) in [5, 5.41) is 11.8.